The Kier molecular flexibility index (Phi) is 4.31. The van der Waals surface area contributed by atoms with Crippen LogP contribution in [0.1, 0.15) is 5.56 Å². The first kappa shape index (κ1) is 14.4. The molecule has 0 aliphatic heterocycles. The zero-order valence-corrected chi connectivity index (χ0v) is 11.4. The van der Waals surface area contributed by atoms with E-state index in [4.69, 9.17) is 5.73 Å². The van der Waals surface area contributed by atoms with E-state index < -0.39 is 15.8 Å². The second kappa shape index (κ2) is 5.98. The lowest BCUT2D eigenvalue weighted by atomic mass is 10.2. The molecule has 0 aliphatic carbocycles. The van der Waals surface area contributed by atoms with Gasteiger partial charge >= 0.3 is 0 Å². The fraction of sp³-hybridized carbons (Fsp3) is 0.154. The monoisotopic (exact) mass is 295 g/mol. The van der Waals surface area contributed by atoms with Crippen molar-refractivity contribution < 1.29 is 12.8 Å². The van der Waals surface area contributed by atoms with Gasteiger partial charge in [-0.3, -0.25) is 4.98 Å². The molecule has 3 N–H and O–H groups in total. The van der Waals surface area contributed by atoms with E-state index in [2.05, 4.69) is 9.71 Å². The topological polar surface area (TPSA) is 85.1 Å². The van der Waals surface area contributed by atoms with Gasteiger partial charge < -0.3 is 5.73 Å². The van der Waals surface area contributed by atoms with E-state index in [1.807, 2.05) is 6.07 Å². The smallest absolute Gasteiger partial charge is 0.242 e. The van der Waals surface area contributed by atoms with Crippen LogP contribution in [-0.4, -0.2) is 19.9 Å². The van der Waals surface area contributed by atoms with E-state index in [9.17, 15) is 12.8 Å². The molecule has 0 atom stereocenters. The van der Waals surface area contributed by atoms with Crippen molar-refractivity contribution in [3.8, 4) is 0 Å². The van der Waals surface area contributed by atoms with Crippen LogP contribution < -0.4 is 10.5 Å². The highest BCUT2D eigenvalue weighted by Crippen LogP contribution is 2.18. The fourth-order valence-corrected chi connectivity index (χ4v) is 2.86. The Hall–Kier alpha value is -1.99. The van der Waals surface area contributed by atoms with Crippen LogP contribution in [-0.2, 0) is 16.4 Å². The third kappa shape index (κ3) is 3.52. The normalized spacial score (nSPS) is 11.4. The molecule has 7 heteroatoms. The minimum Gasteiger partial charge on any atom is -0.398 e. The van der Waals surface area contributed by atoms with Crippen molar-refractivity contribution in [1.29, 1.82) is 0 Å². The number of nitrogen functional groups attached to an aromatic ring is 1. The molecule has 5 nitrogen and oxygen atoms in total. The number of nitrogens with one attached hydrogen (secondary N) is 1. The number of hydrogen-bond acceptors (Lipinski definition) is 4. The first-order valence-electron chi connectivity index (χ1n) is 5.92. The zero-order chi connectivity index (χ0) is 14.6. The highest BCUT2D eigenvalue weighted by atomic mass is 32.2. The molecule has 0 saturated carbocycles. The summed E-state index contributed by atoms with van der Waals surface area (Å²) in [6, 6.07) is 6.83. The molecule has 0 unspecified atom stereocenters. The van der Waals surface area contributed by atoms with Crippen LogP contribution in [0.5, 0.6) is 0 Å². The molecule has 0 spiro atoms. The predicted octanol–water partition coefficient (Wildman–Crippen LogP) is 1.32. The number of halogens is 1. The number of anilines is 1. The van der Waals surface area contributed by atoms with Crippen LogP contribution in [0.25, 0.3) is 0 Å². The van der Waals surface area contributed by atoms with Crippen molar-refractivity contribution in [3.63, 3.8) is 0 Å². The maximum Gasteiger partial charge on any atom is 0.242 e. The minimum absolute atomic E-state index is 0.112. The van der Waals surface area contributed by atoms with Crippen LogP contribution in [0, 0.1) is 5.82 Å². The van der Waals surface area contributed by atoms with Crippen LogP contribution >= 0.6 is 0 Å². The van der Waals surface area contributed by atoms with Gasteiger partial charge in [-0.1, -0.05) is 6.07 Å². The van der Waals surface area contributed by atoms with Crippen molar-refractivity contribution in [2.45, 2.75) is 11.3 Å². The highest BCUT2D eigenvalue weighted by Gasteiger charge is 2.17. The Balaban J connectivity index is 2.04. The Morgan fingerprint density at radius 1 is 1.30 bits per heavy atom. The molecule has 1 heterocycles. The fourth-order valence-electron chi connectivity index (χ4n) is 1.72. The van der Waals surface area contributed by atoms with Crippen molar-refractivity contribution in [1.82, 2.24) is 9.71 Å². The van der Waals surface area contributed by atoms with Gasteiger partial charge in [0.05, 0.1) is 5.69 Å². The predicted molar refractivity (Wildman–Crippen MR) is 73.9 cm³/mol. The van der Waals surface area contributed by atoms with Gasteiger partial charge in [-0.25, -0.2) is 17.5 Å². The minimum atomic E-state index is -3.74. The molecular weight excluding hydrogens is 281 g/mol. The number of sulfonamides is 1. The molecule has 1 aromatic heterocycles. The van der Waals surface area contributed by atoms with Crippen LogP contribution in [0.2, 0.25) is 0 Å². The lowest BCUT2D eigenvalue weighted by molar-refractivity contribution is 0.581. The van der Waals surface area contributed by atoms with E-state index in [-0.39, 0.29) is 17.1 Å². The molecule has 1 aromatic carbocycles. The second-order valence-electron chi connectivity index (χ2n) is 4.19. The molecule has 0 saturated heterocycles. The molecule has 0 radical (unpaired) electrons. The molecule has 106 valence electrons. The van der Waals surface area contributed by atoms with Crippen LogP contribution in [0.15, 0.2) is 47.6 Å². The zero-order valence-electron chi connectivity index (χ0n) is 10.6. The Morgan fingerprint density at radius 2 is 2.10 bits per heavy atom. The number of aromatic nitrogens is 1. The van der Waals surface area contributed by atoms with Crippen molar-refractivity contribution >= 4 is 15.7 Å². The number of nitrogens with two attached hydrogens (primary N) is 1. The Labute approximate surface area is 116 Å². The maximum atomic E-state index is 12.9. The number of pyridine rings is 1. The molecule has 0 fully saturated rings. The number of nitrogens with zero attached hydrogens (tertiary/aromatic N) is 1. The Morgan fingerprint density at radius 3 is 2.75 bits per heavy atom. The lowest BCUT2D eigenvalue weighted by Crippen LogP contribution is -2.26. The standard InChI is InChI=1S/C13H14FN3O2S/c14-11-3-4-13(12(15)8-11)20(18,19)17-7-5-10-2-1-6-16-9-10/h1-4,6,8-9,17H,5,7,15H2. The van der Waals surface area contributed by atoms with E-state index in [0.717, 1.165) is 23.8 Å². The summed E-state index contributed by atoms with van der Waals surface area (Å²) in [6.45, 7) is 0.213. The third-order valence-electron chi connectivity index (χ3n) is 2.69. The average molecular weight is 295 g/mol. The maximum absolute atomic E-state index is 12.9. The van der Waals surface area contributed by atoms with Gasteiger partial charge in [-0.15, -0.1) is 0 Å². The van der Waals surface area contributed by atoms with Crippen LogP contribution in [0.4, 0.5) is 10.1 Å². The molecule has 0 amide bonds. The van der Waals surface area contributed by atoms with Gasteiger partial charge in [0.25, 0.3) is 0 Å². The molecule has 2 aromatic rings. The lowest BCUT2D eigenvalue weighted by Gasteiger charge is -2.09. The third-order valence-corrected chi connectivity index (χ3v) is 4.22. The van der Waals surface area contributed by atoms with Crippen LogP contribution in [0.3, 0.4) is 0 Å². The van der Waals surface area contributed by atoms with E-state index in [1.54, 1.807) is 18.5 Å². The number of benzene rings is 1. The first-order valence-corrected chi connectivity index (χ1v) is 7.41. The number of rotatable bonds is 5. The molecular formula is C13H14FN3O2S. The second-order valence-corrected chi connectivity index (χ2v) is 5.93. The number of hydrogen-bond donors (Lipinski definition) is 2. The van der Waals surface area contributed by atoms with Gasteiger partial charge in [0.15, 0.2) is 0 Å². The quantitative estimate of drug-likeness (QED) is 0.815. The van der Waals surface area contributed by atoms with Crippen molar-refractivity contribution in [2.24, 2.45) is 0 Å². The summed E-state index contributed by atoms with van der Waals surface area (Å²) < 4.78 is 39.4. The van der Waals surface area contributed by atoms with Crippen molar-refractivity contribution in [2.75, 3.05) is 12.3 Å². The summed E-state index contributed by atoms with van der Waals surface area (Å²) >= 11 is 0. The van der Waals surface area contributed by atoms with E-state index in [0.29, 0.717) is 6.42 Å². The summed E-state index contributed by atoms with van der Waals surface area (Å²) in [7, 11) is -3.74. The van der Waals surface area contributed by atoms with E-state index >= 15 is 0 Å². The molecule has 20 heavy (non-hydrogen) atoms. The summed E-state index contributed by atoms with van der Waals surface area (Å²) in [5, 5.41) is 0. The molecule has 2 rings (SSSR count). The van der Waals surface area contributed by atoms with Gasteiger partial charge in [0, 0.05) is 18.9 Å². The molecule has 0 aliphatic rings. The first-order chi connectivity index (χ1) is 9.49. The average Bonchev–Trinajstić information content (AvgIpc) is 2.39. The van der Waals surface area contributed by atoms with Crippen molar-refractivity contribution in [3.05, 3.63) is 54.1 Å². The Bertz CT molecular complexity index is 690. The van der Waals surface area contributed by atoms with Gasteiger partial charge in [0.1, 0.15) is 10.7 Å². The summed E-state index contributed by atoms with van der Waals surface area (Å²) in [5.74, 6) is -0.572. The SMILES string of the molecule is Nc1cc(F)ccc1S(=O)(=O)NCCc1cccnc1. The highest BCUT2D eigenvalue weighted by molar-refractivity contribution is 7.89. The van der Waals surface area contributed by atoms with E-state index in [1.165, 1.54) is 0 Å². The summed E-state index contributed by atoms with van der Waals surface area (Å²) in [5.41, 5.74) is 6.33. The van der Waals surface area contributed by atoms with Gasteiger partial charge in [0.2, 0.25) is 10.0 Å². The van der Waals surface area contributed by atoms with Gasteiger partial charge in [-0.05, 0) is 36.2 Å². The largest absolute Gasteiger partial charge is 0.398 e. The summed E-state index contributed by atoms with van der Waals surface area (Å²) in [6.07, 6.45) is 3.82. The summed E-state index contributed by atoms with van der Waals surface area (Å²) in [4.78, 5) is 3.82. The van der Waals surface area contributed by atoms with Gasteiger partial charge in [-0.2, -0.15) is 0 Å². The molecule has 0 bridgehead atoms.